The largest absolute Gasteiger partial charge is 0.453 e. The van der Waals surface area contributed by atoms with Crippen LogP contribution in [0.1, 0.15) is 59.7 Å². The zero-order valence-electron chi connectivity index (χ0n) is 23.9. The quantitative estimate of drug-likeness (QED) is 0.260. The molecule has 1 fully saturated rings. The maximum Gasteiger partial charge on any atom is 0.406 e. The number of alkyl carbamates (subject to hydrolysis) is 1. The summed E-state index contributed by atoms with van der Waals surface area (Å²) < 4.78 is 4.71. The molecule has 3 aromatic carbocycles. The molecule has 2 atom stereocenters. The molecule has 218 valence electrons. The molecule has 0 unspecified atom stereocenters. The number of piperidine rings is 1. The third kappa shape index (κ3) is 7.10. The molecule has 1 aliphatic rings. The first-order valence-corrected chi connectivity index (χ1v) is 14.7. The maximum absolute atomic E-state index is 13.5. The Labute approximate surface area is 247 Å². The molecule has 7 nitrogen and oxygen atoms in total. The summed E-state index contributed by atoms with van der Waals surface area (Å²) in [7, 11) is 1.32. The van der Waals surface area contributed by atoms with E-state index >= 15 is 0 Å². The molecule has 0 saturated carbocycles. The maximum atomic E-state index is 13.5. The zero-order valence-corrected chi connectivity index (χ0v) is 24.6. The van der Waals surface area contributed by atoms with E-state index in [1.165, 1.54) is 12.7 Å². The second kappa shape index (κ2) is 14.0. The molecule has 8 heteroatoms. The Morgan fingerprint density at radius 3 is 2.59 bits per heavy atom. The number of carbonyl (C=O) groups is 2. The molecule has 4 rings (SSSR count). The molecule has 0 radical (unpaired) electrons. The van der Waals surface area contributed by atoms with Gasteiger partial charge in [-0.2, -0.15) is 0 Å². The summed E-state index contributed by atoms with van der Waals surface area (Å²) in [6, 6.07) is 21.3. The minimum absolute atomic E-state index is 0.0602. The Morgan fingerprint density at radius 2 is 1.88 bits per heavy atom. The van der Waals surface area contributed by atoms with Crippen LogP contribution in [0.15, 0.2) is 66.7 Å². The number of hydrogen-bond acceptors (Lipinski definition) is 5. The number of nitrogens with zero attached hydrogens (tertiary/aromatic N) is 1. The third-order valence-corrected chi connectivity index (χ3v) is 8.43. The van der Waals surface area contributed by atoms with Gasteiger partial charge in [0.25, 0.3) is 5.91 Å². The number of nitrogens with one attached hydrogen (secondary N) is 1. The Hall–Kier alpha value is -3.39. The lowest BCUT2D eigenvalue weighted by Gasteiger charge is -2.44. The summed E-state index contributed by atoms with van der Waals surface area (Å²) in [5.41, 5.74) is 9.66. The van der Waals surface area contributed by atoms with Crippen molar-refractivity contribution < 1.29 is 19.4 Å². The summed E-state index contributed by atoms with van der Waals surface area (Å²) in [4.78, 5) is 27.0. The summed E-state index contributed by atoms with van der Waals surface area (Å²) in [5, 5.41) is 16.0. The highest BCUT2D eigenvalue weighted by atomic mass is 35.5. The second-order valence-corrected chi connectivity index (χ2v) is 11.1. The van der Waals surface area contributed by atoms with E-state index in [1.54, 1.807) is 0 Å². The van der Waals surface area contributed by atoms with E-state index in [9.17, 15) is 14.7 Å². The van der Waals surface area contributed by atoms with Crippen LogP contribution in [0.25, 0.3) is 11.1 Å². The van der Waals surface area contributed by atoms with E-state index in [1.807, 2.05) is 59.5 Å². The van der Waals surface area contributed by atoms with Crippen LogP contribution >= 0.6 is 11.6 Å². The minimum Gasteiger partial charge on any atom is -0.453 e. The van der Waals surface area contributed by atoms with Gasteiger partial charge in [0, 0.05) is 48.2 Å². The number of amides is 2. The van der Waals surface area contributed by atoms with Gasteiger partial charge < -0.3 is 25.8 Å². The summed E-state index contributed by atoms with van der Waals surface area (Å²) in [6.07, 6.45) is 2.76. The van der Waals surface area contributed by atoms with Crippen LogP contribution in [-0.4, -0.2) is 48.8 Å². The van der Waals surface area contributed by atoms with Gasteiger partial charge in [-0.25, -0.2) is 4.79 Å². The highest BCUT2D eigenvalue weighted by Crippen LogP contribution is 2.45. The summed E-state index contributed by atoms with van der Waals surface area (Å²) in [5.74, 6) is -0.303. The highest BCUT2D eigenvalue weighted by Gasteiger charge is 2.43. The summed E-state index contributed by atoms with van der Waals surface area (Å²) in [6.45, 7) is 3.89. The molecule has 0 spiro atoms. The molecule has 1 saturated heterocycles. The van der Waals surface area contributed by atoms with Gasteiger partial charge in [-0.15, -0.1) is 0 Å². The fraction of sp³-hybridized carbons (Fsp3) is 0.394. The van der Waals surface area contributed by atoms with Gasteiger partial charge in [0.15, 0.2) is 0 Å². The third-order valence-electron chi connectivity index (χ3n) is 8.11. The molecule has 41 heavy (non-hydrogen) atoms. The van der Waals surface area contributed by atoms with E-state index in [0.29, 0.717) is 49.6 Å². The monoisotopic (exact) mass is 577 g/mol. The molecule has 0 aliphatic carbocycles. The number of carbonyl (C=O) groups excluding carboxylic acids is 2. The molecule has 3 aromatic rings. The average molecular weight is 578 g/mol. The minimum atomic E-state index is -1.30. The Bertz CT molecular complexity index is 1350. The van der Waals surface area contributed by atoms with Crippen LogP contribution in [0, 0.1) is 5.92 Å². The van der Waals surface area contributed by atoms with Crippen molar-refractivity contribution in [3.63, 3.8) is 0 Å². The van der Waals surface area contributed by atoms with Crippen LogP contribution in [-0.2, 0) is 23.3 Å². The van der Waals surface area contributed by atoms with E-state index in [4.69, 9.17) is 22.1 Å². The van der Waals surface area contributed by atoms with Crippen LogP contribution in [0.3, 0.4) is 0 Å². The highest BCUT2D eigenvalue weighted by molar-refractivity contribution is 6.33. The van der Waals surface area contributed by atoms with Crippen molar-refractivity contribution in [2.75, 3.05) is 26.7 Å². The second-order valence-electron chi connectivity index (χ2n) is 10.7. The van der Waals surface area contributed by atoms with Crippen molar-refractivity contribution in [3.05, 3.63) is 94.0 Å². The van der Waals surface area contributed by atoms with Crippen LogP contribution < -0.4 is 11.1 Å². The van der Waals surface area contributed by atoms with Crippen molar-refractivity contribution in [2.45, 2.75) is 51.2 Å². The van der Waals surface area contributed by atoms with Gasteiger partial charge in [0.2, 0.25) is 0 Å². The number of methoxy groups -OCH3 is 1. The van der Waals surface area contributed by atoms with Gasteiger partial charge in [-0.1, -0.05) is 67.1 Å². The van der Waals surface area contributed by atoms with Crippen LogP contribution in [0.2, 0.25) is 5.02 Å². The standard InChI is InChI=1S/C33H40ClN3O4/c1-3-23-8-4-9-26(20-23)30-28(11-5-12-29(30)34)33(40,17-7-18-36-32(39)41-2)27-10-6-19-37(22-27)31(38)25-15-13-24(21-35)14-16-25/h4-5,8-9,11-16,20,27,40H,3,6-7,10,17-19,21-22,35H2,1-2H3,(H,36,39)/t27-,33-/m1/s1. The molecular formula is C33H40ClN3O4. The number of halogens is 1. The van der Waals surface area contributed by atoms with Crippen molar-refractivity contribution in [1.82, 2.24) is 10.2 Å². The van der Waals surface area contributed by atoms with Gasteiger partial charge in [0.1, 0.15) is 0 Å². The van der Waals surface area contributed by atoms with E-state index in [0.717, 1.165) is 41.5 Å². The first-order chi connectivity index (χ1) is 19.8. The Kier molecular flexibility index (Phi) is 10.4. The van der Waals surface area contributed by atoms with Crippen molar-refractivity contribution in [1.29, 1.82) is 0 Å². The predicted octanol–water partition coefficient (Wildman–Crippen LogP) is 5.90. The number of rotatable bonds is 10. The first kappa shape index (κ1) is 30.6. The van der Waals surface area contributed by atoms with Crippen LogP contribution in [0.5, 0.6) is 0 Å². The molecule has 1 heterocycles. The lowest BCUT2D eigenvalue weighted by molar-refractivity contribution is -0.0563. The van der Waals surface area contributed by atoms with E-state index in [-0.39, 0.29) is 11.8 Å². The normalized spacial score (nSPS) is 16.6. The SMILES string of the molecule is CCc1cccc(-c2c(Cl)cccc2[C@@](O)(CCCNC(=O)OC)[C@@H]2CCCN(C(=O)c3ccc(CN)cc3)C2)c1. The molecule has 0 bridgehead atoms. The smallest absolute Gasteiger partial charge is 0.406 e. The van der Waals surface area contributed by atoms with Gasteiger partial charge in [-0.05, 0) is 72.6 Å². The molecule has 2 amide bonds. The van der Waals surface area contributed by atoms with Crippen molar-refractivity contribution in [2.24, 2.45) is 11.7 Å². The number of aliphatic hydroxyl groups is 1. The Balaban J connectivity index is 1.70. The topological polar surface area (TPSA) is 105 Å². The molecule has 4 N–H and O–H groups in total. The lowest BCUT2D eigenvalue weighted by atomic mass is 9.72. The molecule has 0 aromatic heterocycles. The number of likely N-dealkylation sites (tertiary alicyclic amines) is 1. The number of ether oxygens (including phenoxy) is 1. The van der Waals surface area contributed by atoms with Crippen LogP contribution in [0.4, 0.5) is 4.79 Å². The van der Waals surface area contributed by atoms with Crippen molar-refractivity contribution >= 4 is 23.6 Å². The molecule has 1 aliphatic heterocycles. The number of nitrogens with two attached hydrogens (primary N) is 1. The van der Waals surface area contributed by atoms with Gasteiger partial charge in [-0.3, -0.25) is 4.79 Å². The predicted molar refractivity (Wildman–Crippen MR) is 163 cm³/mol. The number of hydrogen-bond donors (Lipinski definition) is 3. The lowest BCUT2D eigenvalue weighted by Crippen LogP contribution is -2.48. The van der Waals surface area contributed by atoms with Crippen molar-refractivity contribution in [3.8, 4) is 11.1 Å². The number of benzene rings is 3. The average Bonchev–Trinajstić information content (AvgIpc) is 3.02. The first-order valence-electron chi connectivity index (χ1n) is 14.3. The van der Waals surface area contributed by atoms with Gasteiger partial charge in [0.05, 0.1) is 12.7 Å². The Morgan fingerprint density at radius 1 is 1.12 bits per heavy atom. The number of aryl methyl sites for hydroxylation is 1. The molecular weight excluding hydrogens is 538 g/mol. The fourth-order valence-electron chi connectivity index (χ4n) is 5.82. The van der Waals surface area contributed by atoms with Gasteiger partial charge >= 0.3 is 6.09 Å². The fourth-order valence-corrected chi connectivity index (χ4v) is 6.11. The van der Waals surface area contributed by atoms with E-state index in [2.05, 4.69) is 24.4 Å². The zero-order chi connectivity index (χ0) is 29.4. The van der Waals surface area contributed by atoms with E-state index < -0.39 is 11.7 Å². The summed E-state index contributed by atoms with van der Waals surface area (Å²) >= 11 is 6.85.